The van der Waals surface area contributed by atoms with Crippen LogP contribution in [0.5, 0.6) is 0 Å². The first kappa shape index (κ1) is 10.9. The van der Waals surface area contributed by atoms with Crippen LogP contribution < -0.4 is 0 Å². The van der Waals surface area contributed by atoms with E-state index in [0.717, 1.165) is 17.2 Å². The summed E-state index contributed by atoms with van der Waals surface area (Å²) in [7, 11) is 0. The van der Waals surface area contributed by atoms with Crippen molar-refractivity contribution in [3.63, 3.8) is 0 Å². The smallest absolute Gasteiger partial charge is 0.177 e. The monoisotopic (exact) mass is 225 g/mol. The van der Waals surface area contributed by atoms with E-state index >= 15 is 0 Å². The van der Waals surface area contributed by atoms with E-state index in [0.29, 0.717) is 6.04 Å². The minimum atomic E-state index is 0.675. The molecule has 1 unspecified atom stereocenters. The highest BCUT2D eigenvalue weighted by Gasteiger charge is 2.24. The Bertz CT molecular complexity index is 366. The molecule has 84 valence electrons. The van der Waals surface area contributed by atoms with Crippen LogP contribution in [0.25, 0.3) is 0 Å². The van der Waals surface area contributed by atoms with Gasteiger partial charge in [-0.15, -0.1) is 0 Å². The van der Waals surface area contributed by atoms with Crippen LogP contribution in [0.3, 0.4) is 0 Å². The highest BCUT2D eigenvalue weighted by molar-refractivity contribution is 7.71. The van der Waals surface area contributed by atoms with E-state index in [4.69, 9.17) is 12.2 Å². The number of imidazole rings is 1. The Balaban J connectivity index is 1.93. The third-order valence-corrected chi connectivity index (χ3v) is 3.58. The van der Waals surface area contributed by atoms with Crippen molar-refractivity contribution in [1.29, 1.82) is 0 Å². The van der Waals surface area contributed by atoms with Gasteiger partial charge in [-0.25, -0.2) is 0 Å². The second-order valence-electron chi connectivity index (χ2n) is 4.66. The van der Waals surface area contributed by atoms with Crippen LogP contribution in [-0.2, 0) is 6.54 Å². The predicted molar refractivity (Wildman–Crippen MR) is 64.4 cm³/mol. The Kier molecular flexibility index (Phi) is 3.26. The van der Waals surface area contributed by atoms with Gasteiger partial charge in [-0.2, -0.15) is 0 Å². The van der Waals surface area contributed by atoms with E-state index in [1.54, 1.807) is 0 Å². The Labute approximate surface area is 96.1 Å². The second kappa shape index (κ2) is 4.49. The summed E-state index contributed by atoms with van der Waals surface area (Å²) >= 11 is 5.19. The lowest BCUT2D eigenvalue weighted by atomic mass is 10.1. The number of likely N-dealkylation sites (tertiary alicyclic amines) is 1. The van der Waals surface area contributed by atoms with Crippen LogP contribution in [0.1, 0.15) is 20.3 Å². The summed E-state index contributed by atoms with van der Waals surface area (Å²) in [6.07, 6.45) is 5.25. The number of rotatable bonds is 3. The lowest BCUT2D eigenvalue weighted by Crippen LogP contribution is -2.28. The van der Waals surface area contributed by atoms with Crippen molar-refractivity contribution in [2.45, 2.75) is 32.9 Å². The summed E-state index contributed by atoms with van der Waals surface area (Å²) in [5, 5.41) is 0. The van der Waals surface area contributed by atoms with Crippen LogP contribution in [0.4, 0.5) is 0 Å². The normalized spacial score (nSPS) is 22.7. The largest absolute Gasteiger partial charge is 0.337 e. The van der Waals surface area contributed by atoms with Gasteiger partial charge in [0.25, 0.3) is 0 Å². The summed E-state index contributed by atoms with van der Waals surface area (Å²) < 4.78 is 2.99. The molecule has 0 aliphatic carbocycles. The number of H-pyrrole nitrogens is 1. The Morgan fingerprint density at radius 1 is 1.60 bits per heavy atom. The molecule has 1 atom stereocenters. The van der Waals surface area contributed by atoms with Crippen LogP contribution in [0, 0.1) is 10.7 Å². The molecule has 0 bridgehead atoms. The zero-order chi connectivity index (χ0) is 10.8. The molecular weight excluding hydrogens is 206 g/mol. The number of nitrogens with one attached hydrogen (secondary N) is 1. The molecule has 0 spiro atoms. The van der Waals surface area contributed by atoms with Crippen molar-refractivity contribution in [1.82, 2.24) is 14.5 Å². The molecule has 1 fully saturated rings. The fourth-order valence-corrected chi connectivity index (χ4v) is 2.46. The van der Waals surface area contributed by atoms with E-state index in [-0.39, 0.29) is 0 Å². The average molecular weight is 225 g/mol. The van der Waals surface area contributed by atoms with Crippen molar-refractivity contribution in [2.75, 3.05) is 13.1 Å². The van der Waals surface area contributed by atoms with Gasteiger partial charge >= 0.3 is 0 Å². The number of hydrogen-bond donors (Lipinski definition) is 1. The number of hydrogen-bond acceptors (Lipinski definition) is 2. The van der Waals surface area contributed by atoms with E-state index in [9.17, 15) is 0 Å². The average Bonchev–Trinajstić information content (AvgIpc) is 2.77. The molecule has 0 radical (unpaired) electrons. The fourth-order valence-electron chi connectivity index (χ4n) is 2.25. The fraction of sp³-hybridized carbons (Fsp3) is 0.727. The molecule has 1 saturated heterocycles. The van der Waals surface area contributed by atoms with Gasteiger partial charge in [0.1, 0.15) is 0 Å². The van der Waals surface area contributed by atoms with Gasteiger partial charge in [-0.1, -0.05) is 0 Å². The van der Waals surface area contributed by atoms with Crippen molar-refractivity contribution < 1.29 is 0 Å². The molecule has 1 N–H and O–H groups in total. The van der Waals surface area contributed by atoms with E-state index in [2.05, 4.69) is 28.3 Å². The van der Waals surface area contributed by atoms with Crippen molar-refractivity contribution in [3.8, 4) is 0 Å². The minimum Gasteiger partial charge on any atom is -0.337 e. The SMILES string of the molecule is CC(C)N1CCC(Cn2cc[nH]c2=S)C1. The Hall–Kier alpha value is -0.610. The maximum absolute atomic E-state index is 5.19. The van der Waals surface area contributed by atoms with E-state index in [1.807, 2.05) is 12.4 Å². The summed E-state index contributed by atoms with van der Waals surface area (Å²) in [4.78, 5) is 5.58. The third kappa shape index (κ3) is 2.49. The molecule has 1 aromatic rings. The van der Waals surface area contributed by atoms with Crippen LogP contribution >= 0.6 is 12.2 Å². The van der Waals surface area contributed by atoms with Gasteiger partial charge < -0.3 is 14.5 Å². The summed E-state index contributed by atoms with van der Waals surface area (Å²) in [5.41, 5.74) is 0. The molecule has 0 aromatic carbocycles. The van der Waals surface area contributed by atoms with Gasteiger partial charge in [0.05, 0.1) is 0 Å². The third-order valence-electron chi connectivity index (χ3n) is 3.22. The summed E-state index contributed by atoms with van der Waals surface area (Å²) in [6, 6.07) is 0.675. The molecule has 2 heterocycles. The van der Waals surface area contributed by atoms with Crippen LogP contribution in [0.2, 0.25) is 0 Å². The maximum atomic E-state index is 5.19. The summed E-state index contributed by atoms with van der Waals surface area (Å²) in [5.74, 6) is 0.759. The van der Waals surface area contributed by atoms with Crippen LogP contribution in [-0.4, -0.2) is 33.6 Å². The zero-order valence-corrected chi connectivity index (χ0v) is 10.3. The van der Waals surface area contributed by atoms with Gasteiger partial charge in [0.2, 0.25) is 0 Å². The second-order valence-corrected chi connectivity index (χ2v) is 5.05. The topological polar surface area (TPSA) is 24.0 Å². The Morgan fingerprint density at radius 2 is 2.40 bits per heavy atom. The molecule has 1 aliphatic heterocycles. The molecule has 0 saturated carbocycles. The molecule has 15 heavy (non-hydrogen) atoms. The lowest BCUT2D eigenvalue weighted by Gasteiger charge is -2.20. The molecule has 2 rings (SSSR count). The molecule has 0 amide bonds. The van der Waals surface area contributed by atoms with E-state index in [1.165, 1.54) is 19.5 Å². The zero-order valence-electron chi connectivity index (χ0n) is 9.44. The maximum Gasteiger partial charge on any atom is 0.177 e. The van der Waals surface area contributed by atoms with Crippen molar-refractivity contribution in [3.05, 3.63) is 17.2 Å². The first-order valence-electron chi connectivity index (χ1n) is 5.64. The number of nitrogens with zero attached hydrogens (tertiary/aromatic N) is 2. The van der Waals surface area contributed by atoms with Gasteiger partial charge in [-0.3, -0.25) is 0 Å². The lowest BCUT2D eigenvalue weighted by molar-refractivity contribution is 0.260. The van der Waals surface area contributed by atoms with Crippen molar-refractivity contribution >= 4 is 12.2 Å². The number of aromatic amines is 1. The van der Waals surface area contributed by atoms with Crippen LogP contribution in [0.15, 0.2) is 12.4 Å². The number of aromatic nitrogens is 2. The predicted octanol–water partition coefficient (Wildman–Crippen LogP) is 2.28. The highest BCUT2D eigenvalue weighted by atomic mass is 32.1. The van der Waals surface area contributed by atoms with Crippen molar-refractivity contribution in [2.24, 2.45) is 5.92 Å². The molecule has 3 nitrogen and oxygen atoms in total. The molecular formula is C11H19N3S. The van der Waals surface area contributed by atoms with Gasteiger partial charge in [-0.05, 0) is 44.9 Å². The molecule has 4 heteroatoms. The molecule has 1 aromatic heterocycles. The summed E-state index contributed by atoms with van der Waals surface area (Å²) in [6.45, 7) is 8.05. The highest BCUT2D eigenvalue weighted by Crippen LogP contribution is 2.20. The first-order chi connectivity index (χ1) is 7.16. The first-order valence-corrected chi connectivity index (χ1v) is 6.05. The van der Waals surface area contributed by atoms with E-state index < -0.39 is 0 Å². The minimum absolute atomic E-state index is 0.675. The molecule has 1 aliphatic rings. The standard InChI is InChI=1S/C11H19N3S/c1-9(2)13-5-3-10(7-13)8-14-6-4-12-11(14)15/h4,6,9-10H,3,5,7-8H2,1-2H3,(H,12,15). The quantitative estimate of drug-likeness (QED) is 0.798. The Morgan fingerprint density at radius 3 is 2.93 bits per heavy atom. The van der Waals surface area contributed by atoms with Gasteiger partial charge in [0.15, 0.2) is 4.77 Å². The van der Waals surface area contributed by atoms with Gasteiger partial charge in [0, 0.05) is 31.5 Å².